The topological polar surface area (TPSA) is 44.4 Å². The van der Waals surface area contributed by atoms with Gasteiger partial charge in [0.15, 0.2) is 0 Å². The van der Waals surface area contributed by atoms with Gasteiger partial charge in [0.25, 0.3) is 0 Å². The van der Waals surface area contributed by atoms with Crippen molar-refractivity contribution in [2.24, 2.45) is 11.8 Å². The molecule has 2 rings (SSSR count). The van der Waals surface area contributed by atoms with E-state index < -0.39 is 0 Å². The predicted molar refractivity (Wildman–Crippen MR) is 82.6 cm³/mol. The Hall–Kier alpha value is -0.610. The van der Waals surface area contributed by atoms with Crippen LogP contribution in [-0.4, -0.2) is 49.1 Å². The van der Waals surface area contributed by atoms with Gasteiger partial charge in [-0.15, -0.1) is 0 Å². The van der Waals surface area contributed by atoms with E-state index in [2.05, 4.69) is 36.3 Å². The van der Waals surface area contributed by atoms with Gasteiger partial charge >= 0.3 is 0 Å². The summed E-state index contributed by atoms with van der Waals surface area (Å²) in [4.78, 5) is 14.6. The first-order valence-electron chi connectivity index (χ1n) is 8.36. The molecule has 1 saturated carbocycles. The Morgan fingerprint density at radius 2 is 2.10 bits per heavy atom. The number of carbonyl (C=O) groups excluding carboxylic acids is 1. The second kappa shape index (κ2) is 7.41. The van der Waals surface area contributed by atoms with Crippen LogP contribution in [0.1, 0.15) is 46.5 Å². The van der Waals surface area contributed by atoms with Crippen LogP contribution in [0, 0.1) is 11.8 Å². The third-order valence-electron chi connectivity index (χ3n) is 5.36. The summed E-state index contributed by atoms with van der Waals surface area (Å²) in [5, 5.41) is 6.67. The molecule has 0 aromatic rings. The molecule has 4 nitrogen and oxygen atoms in total. The first-order valence-corrected chi connectivity index (χ1v) is 8.36. The molecule has 20 heavy (non-hydrogen) atoms. The average Bonchev–Trinajstić information content (AvgIpc) is 2.95. The number of nitrogens with one attached hydrogen (secondary N) is 2. The fourth-order valence-corrected chi connectivity index (χ4v) is 3.67. The minimum absolute atomic E-state index is 0.213. The molecule has 1 saturated heterocycles. The summed E-state index contributed by atoms with van der Waals surface area (Å²) >= 11 is 0. The molecule has 1 amide bonds. The van der Waals surface area contributed by atoms with Gasteiger partial charge in [-0.2, -0.15) is 0 Å². The molecule has 0 aromatic heterocycles. The van der Waals surface area contributed by atoms with E-state index in [4.69, 9.17) is 0 Å². The highest BCUT2D eigenvalue weighted by Crippen LogP contribution is 2.29. The standard InChI is InChI=1S/C16H31N3O/c1-4-19(14-8-9-17-10-14)11-16(20)18-15-7-5-6-12(2)13(15)3/h12-15,17H,4-11H2,1-3H3,(H,18,20). The van der Waals surface area contributed by atoms with Crippen molar-refractivity contribution >= 4 is 5.91 Å². The minimum Gasteiger partial charge on any atom is -0.352 e. The average molecular weight is 281 g/mol. The summed E-state index contributed by atoms with van der Waals surface area (Å²) in [6, 6.07) is 0.917. The third-order valence-corrected chi connectivity index (χ3v) is 5.36. The van der Waals surface area contributed by atoms with Crippen molar-refractivity contribution < 1.29 is 4.79 Å². The van der Waals surface area contributed by atoms with Crippen molar-refractivity contribution in [2.75, 3.05) is 26.2 Å². The molecule has 0 spiro atoms. The number of carbonyl (C=O) groups is 1. The molecule has 0 radical (unpaired) electrons. The van der Waals surface area contributed by atoms with Gasteiger partial charge < -0.3 is 10.6 Å². The van der Waals surface area contributed by atoms with Crippen LogP contribution < -0.4 is 10.6 Å². The molecule has 2 N–H and O–H groups in total. The largest absolute Gasteiger partial charge is 0.352 e. The summed E-state index contributed by atoms with van der Waals surface area (Å²) in [7, 11) is 0. The van der Waals surface area contributed by atoms with E-state index in [9.17, 15) is 4.79 Å². The van der Waals surface area contributed by atoms with Crippen LogP contribution in [0.15, 0.2) is 0 Å². The summed E-state index contributed by atoms with van der Waals surface area (Å²) in [5.41, 5.74) is 0. The van der Waals surface area contributed by atoms with Gasteiger partial charge in [0, 0.05) is 18.6 Å². The summed E-state index contributed by atoms with van der Waals surface area (Å²) in [6.45, 7) is 10.4. The van der Waals surface area contributed by atoms with Gasteiger partial charge in [0.05, 0.1) is 6.54 Å². The fourth-order valence-electron chi connectivity index (χ4n) is 3.67. The number of hydrogen-bond acceptors (Lipinski definition) is 3. The first-order chi connectivity index (χ1) is 9.61. The van der Waals surface area contributed by atoms with E-state index in [1.165, 1.54) is 12.8 Å². The second-order valence-electron chi connectivity index (χ2n) is 6.65. The van der Waals surface area contributed by atoms with E-state index in [-0.39, 0.29) is 5.91 Å². The van der Waals surface area contributed by atoms with E-state index in [0.29, 0.717) is 24.5 Å². The minimum atomic E-state index is 0.213. The molecule has 0 bridgehead atoms. The lowest BCUT2D eigenvalue weighted by Crippen LogP contribution is -2.49. The number of rotatable bonds is 5. The van der Waals surface area contributed by atoms with Crippen molar-refractivity contribution in [1.29, 1.82) is 0 Å². The number of nitrogens with zero attached hydrogens (tertiary/aromatic N) is 1. The van der Waals surface area contributed by atoms with Crippen molar-refractivity contribution in [3.05, 3.63) is 0 Å². The second-order valence-corrected chi connectivity index (χ2v) is 6.65. The van der Waals surface area contributed by atoms with Gasteiger partial charge in [0.2, 0.25) is 5.91 Å². The number of likely N-dealkylation sites (N-methyl/N-ethyl adjacent to an activating group) is 1. The van der Waals surface area contributed by atoms with E-state index in [1.807, 2.05) is 0 Å². The predicted octanol–water partition coefficient (Wildman–Crippen LogP) is 1.61. The highest BCUT2D eigenvalue weighted by Gasteiger charge is 2.29. The zero-order valence-corrected chi connectivity index (χ0v) is 13.3. The molecule has 116 valence electrons. The molecule has 0 aromatic carbocycles. The van der Waals surface area contributed by atoms with Crippen LogP contribution in [0.2, 0.25) is 0 Å². The summed E-state index contributed by atoms with van der Waals surface area (Å²) < 4.78 is 0. The molecule has 2 aliphatic rings. The molecule has 1 heterocycles. The summed E-state index contributed by atoms with van der Waals surface area (Å²) in [6.07, 6.45) is 4.87. The van der Waals surface area contributed by atoms with Crippen molar-refractivity contribution in [2.45, 2.75) is 58.5 Å². The molecular formula is C16H31N3O. The zero-order chi connectivity index (χ0) is 14.5. The molecular weight excluding hydrogens is 250 g/mol. The van der Waals surface area contributed by atoms with E-state index in [0.717, 1.165) is 38.4 Å². The van der Waals surface area contributed by atoms with Crippen LogP contribution in [0.3, 0.4) is 0 Å². The lowest BCUT2D eigenvalue weighted by atomic mass is 9.78. The van der Waals surface area contributed by atoms with E-state index in [1.54, 1.807) is 0 Å². The van der Waals surface area contributed by atoms with Crippen molar-refractivity contribution in [1.82, 2.24) is 15.5 Å². The quantitative estimate of drug-likeness (QED) is 0.805. The molecule has 1 aliphatic carbocycles. The molecule has 1 aliphatic heterocycles. The molecule has 2 fully saturated rings. The van der Waals surface area contributed by atoms with Gasteiger partial charge in [-0.25, -0.2) is 0 Å². The van der Waals surface area contributed by atoms with Gasteiger partial charge in [-0.05, 0) is 37.8 Å². The van der Waals surface area contributed by atoms with Gasteiger partial charge in [0.1, 0.15) is 0 Å². The molecule has 4 heteroatoms. The van der Waals surface area contributed by atoms with Gasteiger partial charge in [-0.1, -0.05) is 33.6 Å². The highest BCUT2D eigenvalue weighted by atomic mass is 16.2. The Kier molecular flexibility index (Phi) is 5.85. The van der Waals surface area contributed by atoms with Crippen molar-refractivity contribution in [3.8, 4) is 0 Å². The fraction of sp³-hybridized carbons (Fsp3) is 0.938. The lowest BCUT2D eigenvalue weighted by molar-refractivity contribution is -0.124. The Labute approximate surface area is 123 Å². The SMILES string of the molecule is CCN(CC(=O)NC1CCCC(C)C1C)C1CCNC1. The number of amides is 1. The molecule has 4 unspecified atom stereocenters. The Bertz CT molecular complexity index is 307. The van der Waals surface area contributed by atoms with Crippen LogP contribution in [0.25, 0.3) is 0 Å². The van der Waals surface area contributed by atoms with E-state index >= 15 is 0 Å². The summed E-state index contributed by atoms with van der Waals surface area (Å²) in [5.74, 6) is 1.55. The van der Waals surface area contributed by atoms with Crippen LogP contribution >= 0.6 is 0 Å². The maximum absolute atomic E-state index is 12.3. The Balaban J connectivity index is 1.81. The number of hydrogen-bond donors (Lipinski definition) is 2. The lowest BCUT2D eigenvalue weighted by Gasteiger charge is -2.35. The van der Waals surface area contributed by atoms with Gasteiger partial charge in [-0.3, -0.25) is 9.69 Å². The normalized spacial score (nSPS) is 34.4. The van der Waals surface area contributed by atoms with Crippen LogP contribution in [0.5, 0.6) is 0 Å². The first kappa shape index (κ1) is 15.8. The zero-order valence-electron chi connectivity index (χ0n) is 13.3. The van der Waals surface area contributed by atoms with Crippen LogP contribution in [-0.2, 0) is 4.79 Å². The third kappa shape index (κ3) is 3.95. The maximum Gasteiger partial charge on any atom is 0.234 e. The highest BCUT2D eigenvalue weighted by molar-refractivity contribution is 5.78. The Morgan fingerprint density at radius 3 is 2.75 bits per heavy atom. The van der Waals surface area contributed by atoms with Crippen LogP contribution in [0.4, 0.5) is 0 Å². The smallest absolute Gasteiger partial charge is 0.234 e. The Morgan fingerprint density at radius 1 is 1.30 bits per heavy atom. The van der Waals surface area contributed by atoms with Crippen molar-refractivity contribution in [3.63, 3.8) is 0 Å². The molecule has 4 atom stereocenters. The maximum atomic E-state index is 12.3. The monoisotopic (exact) mass is 281 g/mol.